The van der Waals surface area contributed by atoms with Crippen molar-refractivity contribution in [3.8, 4) is 5.75 Å². The van der Waals surface area contributed by atoms with E-state index in [1.165, 1.54) is 25.1 Å². The van der Waals surface area contributed by atoms with Gasteiger partial charge in [-0.1, -0.05) is 0 Å². The van der Waals surface area contributed by atoms with Crippen molar-refractivity contribution in [2.75, 3.05) is 11.9 Å². The van der Waals surface area contributed by atoms with Crippen molar-refractivity contribution in [2.45, 2.75) is 6.92 Å². The van der Waals surface area contributed by atoms with Gasteiger partial charge in [0.05, 0.1) is 11.3 Å². The molecule has 2 aromatic carbocycles. The van der Waals surface area contributed by atoms with E-state index in [4.69, 9.17) is 4.74 Å². The Labute approximate surface area is 141 Å². The van der Waals surface area contributed by atoms with E-state index in [2.05, 4.69) is 5.32 Å². The number of Topliss-reactive ketones (excluding diaryl/α,β-unsaturated/α-hetero) is 1. The molecule has 2 rings (SSSR count). The summed E-state index contributed by atoms with van der Waals surface area (Å²) in [6, 6.07) is 5.86. The van der Waals surface area contributed by atoms with Gasteiger partial charge >= 0.3 is 5.97 Å². The third-order valence-electron chi connectivity index (χ3n) is 3.06. The summed E-state index contributed by atoms with van der Waals surface area (Å²) < 4.78 is 30.9. The predicted octanol–water partition coefficient (Wildman–Crippen LogP) is 2.67. The largest absolute Gasteiger partial charge is 0.506 e. The van der Waals surface area contributed by atoms with E-state index in [0.717, 1.165) is 12.1 Å². The van der Waals surface area contributed by atoms with Gasteiger partial charge in [0.1, 0.15) is 17.4 Å². The molecule has 0 saturated heterocycles. The van der Waals surface area contributed by atoms with Gasteiger partial charge < -0.3 is 15.2 Å². The third kappa shape index (κ3) is 4.84. The number of ether oxygens (including phenoxy) is 1. The highest BCUT2D eigenvalue weighted by Gasteiger charge is 2.15. The van der Waals surface area contributed by atoms with E-state index in [-0.39, 0.29) is 22.6 Å². The molecule has 0 aliphatic carbocycles. The van der Waals surface area contributed by atoms with Crippen LogP contribution in [0.4, 0.5) is 14.5 Å². The van der Waals surface area contributed by atoms with Crippen LogP contribution in [0, 0.1) is 11.6 Å². The standard InChI is InChI=1S/C17H13F2NO5/c1-9(21)20-14-6-10(2-3-15(14)22)16(23)8-25-17(24)11-4-12(18)7-13(19)5-11/h2-7,22H,8H2,1H3,(H,20,21). The number of halogens is 2. The lowest BCUT2D eigenvalue weighted by Gasteiger charge is -2.08. The molecule has 0 bridgehead atoms. The smallest absolute Gasteiger partial charge is 0.338 e. The number of esters is 1. The molecule has 0 spiro atoms. The first-order chi connectivity index (χ1) is 11.8. The Kier molecular flexibility index (Phi) is 5.43. The van der Waals surface area contributed by atoms with Crippen LogP contribution >= 0.6 is 0 Å². The molecule has 130 valence electrons. The van der Waals surface area contributed by atoms with E-state index in [1.54, 1.807) is 0 Å². The minimum absolute atomic E-state index is 0.0249. The van der Waals surface area contributed by atoms with Gasteiger partial charge in [0.25, 0.3) is 0 Å². The highest BCUT2D eigenvalue weighted by molar-refractivity contribution is 6.01. The van der Waals surface area contributed by atoms with Gasteiger partial charge in [-0.05, 0) is 30.3 Å². The van der Waals surface area contributed by atoms with Gasteiger partial charge in [-0.25, -0.2) is 13.6 Å². The first-order valence-corrected chi connectivity index (χ1v) is 7.03. The fourth-order valence-corrected chi connectivity index (χ4v) is 1.97. The Morgan fingerprint density at radius 1 is 1.04 bits per heavy atom. The highest BCUT2D eigenvalue weighted by atomic mass is 19.1. The van der Waals surface area contributed by atoms with Gasteiger partial charge in [-0.3, -0.25) is 9.59 Å². The summed E-state index contributed by atoms with van der Waals surface area (Å²) >= 11 is 0. The number of anilines is 1. The lowest BCUT2D eigenvalue weighted by Crippen LogP contribution is -2.15. The maximum Gasteiger partial charge on any atom is 0.338 e. The van der Waals surface area contributed by atoms with Crippen LogP contribution in [0.2, 0.25) is 0 Å². The number of carbonyl (C=O) groups is 3. The third-order valence-corrected chi connectivity index (χ3v) is 3.06. The van der Waals surface area contributed by atoms with Crippen LogP contribution in [-0.4, -0.2) is 29.4 Å². The lowest BCUT2D eigenvalue weighted by molar-refractivity contribution is -0.114. The van der Waals surface area contributed by atoms with Crippen LogP contribution < -0.4 is 5.32 Å². The second-order valence-electron chi connectivity index (χ2n) is 5.07. The number of benzene rings is 2. The zero-order chi connectivity index (χ0) is 18.6. The normalized spacial score (nSPS) is 10.2. The number of phenols is 1. The summed E-state index contributed by atoms with van der Waals surface area (Å²) in [6.45, 7) is 0.551. The van der Waals surface area contributed by atoms with Crippen molar-refractivity contribution in [3.63, 3.8) is 0 Å². The molecule has 0 fully saturated rings. The Balaban J connectivity index is 2.07. The second-order valence-corrected chi connectivity index (χ2v) is 5.07. The molecule has 0 saturated carbocycles. The van der Waals surface area contributed by atoms with Crippen molar-refractivity contribution >= 4 is 23.3 Å². The summed E-state index contributed by atoms with van der Waals surface area (Å²) in [4.78, 5) is 34.8. The number of hydrogen-bond acceptors (Lipinski definition) is 5. The minimum atomic E-state index is -1.06. The maximum absolute atomic E-state index is 13.1. The highest BCUT2D eigenvalue weighted by Crippen LogP contribution is 2.24. The van der Waals surface area contributed by atoms with E-state index in [1.807, 2.05) is 0 Å². The maximum atomic E-state index is 13.1. The molecule has 0 heterocycles. The van der Waals surface area contributed by atoms with Gasteiger partial charge in [0, 0.05) is 18.6 Å². The van der Waals surface area contributed by atoms with Gasteiger partial charge in [0.2, 0.25) is 5.91 Å². The van der Waals surface area contributed by atoms with Crippen LogP contribution in [0.3, 0.4) is 0 Å². The average Bonchev–Trinajstić information content (AvgIpc) is 2.53. The number of nitrogens with one attached hydrogen (secondary N) is 1. The van der Waals surface area contributed by atoms with Gasteiger partial charge in [-0.2, -0.15) is 0 Å². The topological polar surface area (TPSA) is 92.7 Å². The number of amides is 1. The minimum Gasteiger partial charge on any atom is -0.506 e. The molecule has 0 unspecified atom stereocenters. The molecule has 6 nitrogen and oxygen atoms in total. The quantitative estimate of drug-likeness (QED) is 0.492. The molecule has 0 aromatic heterocycles. The molecular weight excluding hydrogens is 336 g/mol. The number of ketones is 1. The van der Waals surface area contributed by atoms with Crippen molar-refractivity contribution in [3.05, 3.63) is 59.2 Å². The molecule has 25 heavy (non-hydrogen) atoms. The molecule has 0 aliphatic heterocycles. The van der Waals surface area contributed by atoms with Crippen LogP contribution in [0.5, 0.6) is 5.75 Å². The fourth-order valence-electron chi connectivity index (χ4n) is 1.97. The number of carbonyl (C=O) groups excluding carboxylic acids is 3. The molecular formula is C17H13F2NO5. The molecule has 8 heteroatoms. The van der Waals surface area contributed by atoms with E-state index >= 15 is 0 Å². The Morgan fingerprint density at radius 3 is 2.28 bits per heavy atom. The molecule has 0 atom stereocenters. The van der Waals surface area contributed by atoms with E-state index < -0.39 is 35.9 Å². The second kappa shape index (κ2) is 7.52. The zero-order valence-corrected chi connectivity index (χ0v) is 13.0. The monoisotopic (exact) mass is 349 g/mol. The number of hydrogen-bond donors (Lipinski definition) is 2. The number of aromatic hydroxyl groups is 1. The van der Waals surface area contributed by atoms with Crippen LogP contribution in [0.25, 0.3) is 0 Å². The zero-order valence-electron chi connectivity index (χ0n) is 13.0. The SMILES string of the molecule is CC(=O)Nc1cc(C(=O)COC(=O)c2cc(F)cc(F)c2)ccc1O. The van der Waals surface area contributed by atoms with Gasteiger partial charge in [-0.15, -0.1) is 0 Å². The predicted molar refractivity (Wildman–Crippen MR) is 83.4 cm³/mol. The van der Waals surface area contributed by atoms with Crippen molar-refractivity contribution in [1.29, 1.82) is 0 Å². The van der Waals surface area contributed by atoms with Crippen LogP contribution in [0.1, 0.15) is 27.6 Å². The summed E-state index contributed by atoms with van der Waals surface area (Å²) in [7, 11) is 0. The van der Waals surface area contributed by atoms with Crippen molar-refractivity contribution in [2.24, 2.45) is 0 Å². The molecule has 2 aromatic rings. The Hall–Kier alpha value is -3.29. The molecule has 1 amide bonds. The summed E-state index contributed by atoms with van der Waals surface area (Å²) in [5.41, 5.74) is -0.272. The number of rotatable bonds is 5. The first-order valence-electron chi connectivity index (χ1n) is 7.03. The van der Waals surface area contributed by atoms with Crippen molar-refractivity contribution < 1.29 is 33.0 Å². The number of phenolic OH excluding ortho intramolecular Hbond substituents is 1. The average molecular weight is 349 g/mol. The Bertz CT molecular complexity index is 831. The molecule has 2 N–H and O–H groups in total. The lowest BCUT2D eigenvalue weighted by atomic mass is 10.1. The summed E-state index contributed by atoms with van der Waals surface area (Å²) in [5.74, 6) is -4.27. The van der Waals surface area contributed by atoms with Gasteiger partial charge in [0.15, 0.2) is 12.4 Å². The Morgan fingerprint density at radius 2 is 1.68 bits per heavy atom. The fraction of sp³-hybridized carbons (Fsp3) is 0.118. The molecule has 0 aliphatic rings. The summed E-state index contributed by atoms with van der Waals surface area (Å²) in [6.07, 6.45) is 0. The first kappa shape index (κ1) is 18.1. The van der Waals surface area contributed by atoms with Crippen LogP contribution in [0.15, 0.2) is 36.4 Å². The van der Waals surface area contributed by atoms with Crippen LogP contribution in [-0.2, 0) is 9.53 Å². The summed E-state index contributed by atoms with van der Waals surface area (Å²) in [5, 5.41) is 11.9. The van der Waals surface area contributed by atoms with Crippen molar-refractivity contribution in [1.82, 2.24) is 0 Å². The molecule has 0 radical (unpaired) electrons. The van der Waals surface area contributed by atoms with E-state index in [0.29, 0.717) is 6.07 Å². The van der Waals surface area contributed by atoms with E-state index in [9.17, 15) is 28.3 Å².